The van der Waals surface area contributed by atoms with Crippen LogP contribution in [-0.4, -0.2) is 59.3 Å². The van der Waals surface area contributed by atoms with Gasteiger partial charge in [-0.25, -0.2) is 4.98 Å². The number of hydrogen-bond acceptors (Lipinski definition) is 4. The highest BCUT2D eigenvalue weighted by Crippen LogP contribution is 2.24. The lowest BCUT2D eigenvalue weighted by Gasteiger charge is -2.44. The van der Waals surface area contributed by atoms with Gasteiger partial charge < -0.3 is 15.1 Å². The van der Waals surface area contributed by atoms with Crippen molar-refractivity contribution in [1.82, 2.24) is 14.8 Å². The number of nitrogens with one attached hydrogen (secondary N) is 1. The number of likely N-dealkylation sites (N-methyl/N-ethyl adjacent to an activating group) is 1. The lowest BCUT2D eigenvalue weighted by Crippen LogP contribution is -2.63. The molecule has 6 nitrogen and oxygen atoms in total. The van der Waals surface area contributed by atoms with Gasteiger partial charge in [-0.15, -0.1) is 0 Å². The number of aromatic nitrogens is 1. The molecule has 2 heterocycles. The maximum Gasteiger partial charge on any atom is 0.254 e. The molecule has 2 amide bonds. The van der Waals surface area contributed by atoms with E-state index in [2.05, 4.69) is 10.3 Å². The number of pyridine rings is 1. The molecule has 0 aromatic carbocycles. The number of rotatable bonds is 2. The minimum absolute atomic E-state index is 0.0417. The van der Waals surface area contributed by atoms with Crippen LogP contribution in [0.2, 0.25) is 0 Å². The van der Waals surface area contributed by atoms with Crippen LogP contribution in [0, 0.1) is 0 Å². The van der Waals surface area contributed by atoms with E-state index in [0.717, 1.165) is 0 Å². The Bertz CT molecular complexity index is 542. The van der Waals surface area contributed by atoms with Crippen LogP contribution in [0.15, 0.2) is 18.3 Å². The molecule has 0 aliphatic carbocycles. The van der Waals surface area contributed by atoms with Gasteiger partial charge in [0.05, 0.1) is 0 Å². The Morgan fingerprint density at radius 2 is 2.10 bits per heavy atom. The quantitative estimate of drug-likeness (QED) is 0.868. The summed E-state index contributed by atoms with van der Waals surface area (Å²) in [5.41, 5.74) is -0.289. The van der Waals surface area contributed by atoms with Gasteiger partial charge in [0.25, 0.3) is 5.91 Å². The van der Waals surface area contributed by atoms with Crippen LogP contribution in [-0.2, 0) is 4.79 Å². The SMILES string of the molecule is CNc1cc(C(=O)N2CCN(C)C(=O)C2(C)C)ccn1. The molecule has 0 saturated carbocycles. The van der Waals surface area contributed by atoms with E-state index in [0.29, 0.717) is 24.5 Å². The first-order valence-electron chi connectivity index (χ1n) is 6.59. The third-order valence-corrected chi connectivity index (χ3v) is 3.71. The van der Waals surface area contributed by atoms with Crippen LogP contribution in [0.1, 0.15) is 24.2 Å². The molecule has 1 N–H and O–H groups in total. The highest BCUT2D eigenvalue weighted by Gasteiger charge is 2.43. The Morgan fingerprint density at radius 3 is 2.75 bits per heavy atom. The molecule has 0 radical (unpaired) electrons. The van der Waals surface area contributed by atoms with Crippen molar-refractivity contribution in [1.29, 1.82) is 0 Å². The largest absolute Gasteiger partial charge is 0.373 e. The second kappa shape index (κ2) is 5.11. The zero-order chi connectivity index (χ0) is 14.9. The normalized spacial score (nSPS) is 18.1. The van der Waals surface area contributed by atoms with Gasteiger partial charge >= 0.3 is 0 Å². The van der Waals surface area contributed by atoms with Crippen LogP contribution in [0.25, 0.3) is 0 Å². The lowest BCUT2D eigenvalue weighted by molar-refractivity contribution is -0.144. The van der Waals surface area contributed by atoms with Crippen molar-refractivity contribution in [2.24, 2.45) is 0 Å². The van der Waals surface area contributed by atoms with E-state index in [1.807, 2.05) is 0 Å². The third-order valence-electron chi connectivity index (χ3n) is 3.71. The summed E-state index contributed by atoms with van der Waals surface area (Å²) in [5.74, 6) is 0.449. The van der Waals surface area contributed by atoms with Crippen molar-refractivity contribution in [2.45, 2.75) is 19.4 Å². The van der Waals surface area contributed by atoms with Gasteiger partial charge in [-0.05, 0) is 26.0 Å². The monoisotopic (exact) mass is 276 g/mol. The third kappa shape index (κ3) is 2.33. The average molecular weight is 276 g/mol. The Hall–Kier alpha value is -2.11. The fourth-order valence-electron chi connectivity index (χ4n) is 2.43. The molecule has 0 atom stereocenters. The topological polar surface area (TPSA) is 65.5 Å². The predicted octanol–water partition coefficient (Wildman–Crippen LogP) is 0.816. The Labute approximate surface area is 118 Å². The molecule has 1 aliphatic heterocycles. The summed E-state index contributed by atoms with van der Waals surface area (Å²) in [7, 11) is 3.51. The smallest absolute Gasteiger partial charge is 0.254 e. The molecule has 2 rings (SSSR count). The van der Waals surface area contributed by atoms with E-state index in [4.69, 9.17) is 0 Å². The molecular formula is C14H20N4O2. The van der Waals surface area contributed by atoms with E-state index >= 15 is 0 Å². The highest BCUT2D eigenvalue weighted by atomic mass is 16.2. The number of anilines is 1. The van der Waals surface area contributed by atoms with E-state index < -0.39 is 5.54 Å². The van der Waals surface area contributed by atoms with E-state index in [1.165, 1.54) is 0 Å². The zero-order valence-electron chi connectivity index (χ0n) is 12.3. The molecule has 1 aromatic rings. The van der Waals surface area contributed by atoms with E-state index in [1.54, 1.807) is 56.1 Å². The van der Waals surface area contributed by atoms with Gasteiger partial charge in [-0.3, -0.25) is 9.59 Å². The van der Waals surface area contributed by atoms with Gasteiger partial charge in [-0.1, -0.05) is 0 Å². The van der Waals surface area contributed by atoms with Crippen molar-refractivity contribution in [3.8, 4) is 0 Å². The molecule has 6 heteroatoms. The Balaban J connectivity index is 2.30. The maximum atomic E-state index is 12.6. The van der Waals surface area contributed by atoms with Crippen molar-refractivity contribution in [3.63, 3.8) is 0 Å². The molecule has 0 spiro atoms. The molecule has 20 heavy (non-hydrogen) atoms. The molecule has 1 fully saturated rings. The molecular weight excluding hydrogens is 256 g/mol. The first-order valence-corrected chi connectivity index (χ1v) is 6.59. The number of amides is 2. The van der Waals surface area contributed by atoms with Crippen molar-refractivity contribution in [2.75, 3.05) is 32.5 Å². The number of carbonyl (C=O) groups is 2. The molecule has 1 saturated heterocycles. The van der Waals surface area contributed by atoms with Crippen LogP contribution in [0.3, 0.4) is 0 Å². The fraction of sp³-hybridized carbons (Fsp3) is 0.500. The summed E-state index contributed by atoms with van der Waals surface area (Å²) in [6.45, 7) is 4.65. The lowest BCUT2D eigenvalue weighted by atomic mass is 9.96. The van der Waals surface area contributed by atoms with Gasteiger partial charge in [0, 0.05) is 38.9 Å². The Kier molecular flexibility index (Phi) is 3.65. The van der Waals surface area contributed by atoms with Gasteiger partial charge in [0.1, 0.15) is 11.4 Å². The molecule has 1 aliphatic rings. The van der Waals surface area contributed by atoms with Crippen LogP contribution >= 0.6 is 0 Å². The fourth-order valence-corrected chi connectivity index (χ4v) is 2.43. The van der Waals surface area contributed by atoms with Gasteiger partial charge in [0.15, 0.2) is 0 Å². The Morgan fingerprint density at radius 1 is 1.40 bits per heavy atom. The molecule has 1 aromatic heterocycles. The minimum atomic E-state index is -0.826. The zero-order valence-corrected chi connectivity index (χ0v) is 12.3. The summed E-state index contributed by atoms with van der Waals surface area (Å²) in [6, 6.07) is 3.36. The predicted molar refractivity (Wildman–Crippen MR) is 76.5 cm³/mol. The van der Waals surface area contributed by atoms with Gasteiger partial charge in [-0.2, -0.15) is 0 Å². The van der Waals surface area contributed by atoms with E-state index in [9.17, 15) is 9.59 Å². The average Bonchev–Trinajstić information content (AvgIpc) is 2.44. The van der Waals surface area contributed by atoms with Crippen molar-refractivity contribution >= 4 is 17.6 Å². The van der Waals surface area contributed by atoms with Gasteiger partial charge in [0.2, 0.25) is 5.91 Å². The molecule has 108 valence electrons. The number of nitrogens with zero attached hydrogens (tertiary/aromatic N) is 3. The summed E-state index contributed by atoms with van der Waals surface area (Å²) in [4.78, 5) is 32.2. The molecule has 0 unspecified atom stereocenters. The molecule has 0 bridgehead atoms. The summed E-state index contributed by atoms with van der Waals surface area (Å²) in [6.07, 6.45) is 1.59. The second-order valence-electron chi connectivity index (χ2n) is 5.42. The van der Waals surface area contributed by atoms with E-state index in [-0.39, 0.29) is 11.8 Å². The van der Waals surface area contributed by atoms with Crippen molar-refractivity contribution < 1.29 is 9.59 Å². The first kappa shape index (κ1) is 14.3. The minimum Gasteiger partial charge on any atom is -0.373 e. The maximum absolute atomic E-state index is 12.6. The van der Waals surface area contributed by atoms with Crippen LogP contribution < -0.4 is 5.32 Å². The number of carbonyl (C=O) groups excluding carboxylic acids is 2. The van der Waals surface area contributed by atoms with Crippen LogP contribution in [0.4, 0.5) is 5.82 Å². The second-order valence-corrected chi connectivity index (χ2v) is 5.42. The number of piperazine rings is 1. The highest BCUT2D eigenvalue weighted by molar-refractivity contribution is 6.00. The number of hydrogen-bond donors (Lipinski definition) is 1. The summed E-state index contributed by atoms with van der Waals surface area (Å²) in [5, 5.41) is 2.90. The summed E-state index contributed by atoms with van der Waals surface area (Å²) >= 11 is 0. The standard InChI is InChI=1S/C14H20N4O2/c1-14(2)13(20)17(4)7-8-18(14)12(19)10-5-6-16-11(9-10)15-3/h5-6,9H,7-8H2,1-4H3,(H,15,16). The summed E-state index contributed by atoms with van der Waals surface area (Å²) < 4.78 is 0. The van der Waals surface area contributed by atoms with Crippen LogP contribution in [0.5, 0.6) is 0 Å². The first-order chi connectivity index (χ1) is 9.37. The van der Waals surface area contributed by atoms with Crippen molar-refractivity contribution in [3.05, 3.63) is 23.9 Å².